The first-order chi connectivity index (χ1) is 14.6. The Morgan fingerprint density at radius 2 is 1.90 bits per heavy atom. The number of rotatable bonds is 7. The van der Waals surface area contributed by atoms with E-state index in [1.165, 1.54) is 32.1 Å². The highest BCUT2D eigenvalue weighted by Crippen LogP contribution is 2.37. The number of anilines is 1. The molecule has 4 rings (SSSR count). The standard InChI is InChI=1S/C22H32N4O2S2/c1-15-21(29-22(24-15)25-17-6-4-3-5-7-17)16-8-9-19(28-2)20(14-16)30(27)26-18-10-12-23-13-11-18/h8-9,14,17-18,23,26H,3-7,10-13H2,1-2H3,(H,24,25). The lowest BCUT2D eigenvalue weighted by Crippen LogP contribution is -2.40. The topological polar surface area (TPSA) is 75.3 Å². The van der Waals surface area contributed by atoms with E-state index >= 15 is 0 Å². The fourth-order valence-electron chi connectivity index (χ4n) is 4.26. The Hall–Kier alpha value is -1.48. The zero-order valence-corrected chi connectivity index (χ0v) is 19.5. The molecule has 0 amide bonds. The summed E-state index contributed by atoms with van der Waals surface area (Å²) >= 11 is 1.69. The van der Waals surface area contributed by atoms with E-state index in [-0.39, 0.29) is 6.04 Å². The zero-order valence-electron chi connectivity index (χ0n) is 17.8. The predicted molar refractivity (Wildman–Crippen MR) is 125 cm³/mol. The van der Waals surface area contributed by atoms with Crippen molar-refractivity contribution < 1.29 is 8.95 Å². The van der Waals surface area contributed by atoms with Gasteiger partial charge in [-0.3, -0.25) is 0 Å². The van der Waals surface area contributed by atoms with E-state index in [9.17, 15) is 4.21 Å². The van der Waals surface area contributed by atoms with Gasteiger partial charge in [0.1, 0.15) is 16.7 Å². The number of hydrogen-bond donors (Lipinski definition) is 3. The third-order valence-corrected chi connectivity index (χ3v) is 8.37. The van der Waals surface area contributed by atoms with Crippen LogP contribution in [0.5, 0.6) is 5.75 Å². The first-order valence-electron chi connectivity index (χ1n) is 10.9. The van der Waals surface area contributed by atoms with Gasteiger partial charge in [-0.2, -0.15) is 0 Å². The molecule has 1 aromatic carbocycles. The number of thiazole rings is 1. The summed E-state index contributed by atoms with van der Waals surface area (Å²) in [7, 11) is 0.313. The fraction of sp³-hybridized carbons (Fsp3) is 0.591. The van der Waals surface area contributed by atoms with E-state index in [1.54, 1.807) is 18.4 Å². The minimum atomic E-state index is -1.32. The van der Waals surface area contributed by atoms with Crippen LogP contribution in [-0.4, -0.2) is 41.5 Å². The van der Waals surface area contributed by atoms with Gasteiger partial charge in [-0.15, -0.1) is 0 Å². The van der Waals surface area contributed by atoms with Gasteiger partial charge in [0, 0.05) is 12.1 Å². The number of nitrogens with one attached hydrogen (secondary N) is 3. The second kappa shape index (κ2) is 10.2. The molecule has 1 saturated carbocycles. The van der Waals surface area contributed by atoms with Gasteiger partial charge >= 0.3 is 0 Å². The average molecular weight is 449 g/mol. The minimum Gasteiger partial charge on any atom is -0.495 e. The lowest BCUT2D eigenvalue weighted by molar-refractivity contribution is 0.402. The SMILES string of the molecule is COc1ccc(-c2sc(NC3CCCCC3)nc2C)cc1S(=O)NC1CCNCC1. The number of aryl methyl sites for hydroxylation is 1. The van der Waals surface area contributed by atoms with E-state index in [4.69, 9.17) is 9.72 Å². The van der Waals surface area contributed by atoms with Gasteiger partial charge in [0.15, 0.2) is 5.13 Å². The third-order valence-electron chi connectivity index (χ3n) is 5.97. The maximum Gasteiger partial charge on any atom is 0.183 e. The minimum absolute atomic E-state index is 0.261. The number of piperidine rings is 1. The van der Waals surface area contributed by atoms with E-state index in [1.807, 2.05) is 25.1 Å². The van der Waals surface area contributed by atoms with Crippen LogP contribution in [-0.2, 0) is 11.0 Å². The van der Waals surface area contributed by atoms with Crippen molar-refractivity contribution in [1.82, 2.24) is 15.0 Å². The Morgan fingerprint density at radius 3 is 2.63 bits per heavy atom. The van der Waals surface area contributed by atoms with Crippen molar-refractivity contribution in [1.29, 1.82) is 0 Å². The largest absolute Gasteiger partial charge is 0.495 e. The van der Waals surface area contributed by atoms with Gasteiger partial charge in [0.05, 0.1) is 22.6 Å². The summed E-state index contributed by atoms with van der Waals surface area (Å²) < 4.78 is 21.9. The molecule has 30 heavy (non-hydrogen) atoms. The molecule has 1 aliphatic carbocycles. The van der Waals surface area contributed by atoms with Crippen LogP contribution >= 0.6 is 11.3 Å². The summed E-state index contributed by atoms with van der Waals surface area (Å²) in [6.45, 7) is 3.97. The van der Waals surface area contributed by atoms with E-state index < -0.39 is 11.0 Å². The normalized spacial score (nSPS) is 19.5. The molecule has 2 heterocycles. The predicted octanol–water partition coefficient (Wildman–Crippen LogP) is 4.24. The van der Waals surface area contributed by atoms with Crippen molar-refractivity contribution in [2.45, 2.75) is 68.8 Å². The molecule has 1 atom stereocenters. The highest BCUT2D eigenvalue weighted by atomic mass is 32.2. The van der Waals surface area contributed by atoms with Gasteiger partial charge in [-0.25, -0.2) is 13.9 Å². The molecule has 2 fully saturated rings. The molecule has 3 N–H and O–H groups in total. The number of ether oxygens (including phenoxy) is 1. The molecule has 1 saturated heterocycles. The van der Waals surface area contributed by atoms with Crippen LogP contribution in [0, 0.1) is 6.92 Å². The van der Waals surface area contributed by atoms with Crippen molar-refractivity contribution in [2.24, 2.45) is 0 Å². The Balaban J connectivity index is 1.54. The van der Waals surface area contributed by atoms with E-state index in [2.05, 4.69) is 15.4 Å². The molecule has 2 aliphatic rings. The zero-order chi connectivity index (χ0) is 20.9. The monoisotopic (exact) mass is 448 g/mol. The maximum atomic E-state index is 13.1. The molecule has 0 bridgehead atoms. The molecule has 8 heteroatoms. The van der Waals surface area contributed by atoms with Crippen LogP contribution in [0.15, 0.2) is 23.1 Å². The number of benzene rings is 1. The first kappa shape index (κ1) is 21.7. The van der Waals surface area contributed by atoms with Crippen molar-refractivity contribution >= 4 is 27.5 Å². The quantitative estimate of drug-likeness (QED) is 0.591. The van der Waals surface area contributed by atoms with Crippen LogP contribution in [0.3, 0.4) is 0 Å². The Kier molecular flexibility index (Phi) is 7.41. The van der Waals surface area contributed by atoms with Crippen LogP contribution < -0.4 is 20.1 Å². The number of hydrogen-bond acceptors (Lipinski definition) is 6. The average Bonchev–Trinajstić information content (AvgIpc) is 3.14. The van der Waals surface area contributed by atoms with Crippen LogP contribution in [0.25, 0.3) is 10.4 Å². The highest BCUT2D eigenvalue weighted by molar-refractivity contribution is 7.83. The number of nitrogens with zero attached hydrogens (tertiary/aromatic N) is 1. The Morgan fingerprint density at radius 1 is 1.13 bits per heavy atom. The van der Waals surface area contributed by atoms with E-state index in [0.717, 1.165) is 47.2 Å². The lowest BCUT2D eigenvalue weighted by atomic mass is 9.96. The molecule has 164 valence electrons. The van der Waals surface area contributed by atoms with Crippen LogP contribution in [0.1, 0.15) is 50.6 Å². The summed E-state index contributed by atoms with van der Waals surface area (Å²) in [6.07, 6.45) is 8.36. The van der Waals surface area contributed by atoms with Crippen molar-refractivity contribution in [3.63, 3.8) is 0 Å². The fourth-order valence-corrected chi connectivity index (χ4v) is 6.54. The molecule has 1 aromatic heterocycles. The second-order valence-electron chi connectivity index (χ2n) is 8.19. The van der Waals surface area contributed by atoms with Gasteiger partial charge in [-0.05, 0) is 69.5 Å². The lowest BCUT2D eigenvalue weighted by Gasteiger charge is -2.23. The molecule has 1 aliphatic heterocycles. The summed E-state index contributed by atoms with van der Waals surface area (Å²) in [4.78, 5) is 6.59. The smallest absolute Gasteiger partial charge is 0.183 e. The van der Waals surface area contributed by atoms with Gasteiger partial charge < -0.3 is 15.4 Å². The summed E-state index contributed by atoms with van der Waals surface area (Å²) in [5.74, 6) is 0.654. The summed E-state index contributed by atoms with van der Waals surface area (Å²) in [6, 6.07) is 6.74. The Bertz CT molecular complexity index is 874. The first-order valence-corrected chi connectivity index (χ1v) is 12.9. The molecule has 2 aromatic rings. The van der Waals surface area contributed by atoms with Crippen molar-refractivity contribution in [3.05, 3.63) is 23.9 Å². The number of aromatic nitrogens is 1. The highest BCUT2D eigenvalue weighted by Gasteiger charge is 2.21. The van der Waals surface area contributed by atoms with E-state index in [0.29, 0.717) is 16.7 Å². The van der Waals surface area contributed by atoms with Crippen molar-refractivity contribution in [2.75, 3.05) is 25.5 Å². The van der Waals surface area contributed by atoms with Crippen LogP contribution in [0.4, 0.5) is 5.13 Å². The van der Waals surface area contributed by atoms with Crippen molar-refractivity contribution in [3.8, 4) is 16.2 Å². The van der Waals surface area contributed by atoms with Gasteiger partial charge in [0.25, 0.3) is 0 Å². The van der Waals surface area contributed by atoms with Gasteiger partial charge in [-0.1, -0.05) is 30.6 Å². The summed E-state index contributed by atoms with van der Waals surface area (Å²) in [5, 5.41) is 7.96. The number of methoxy groups -OCH3 is 1. The third kappa shape index (κ3) is 5.22. The summed E-state index contributed by atoms with van der Waals surface area (Å²) in [5.41, 5.74) is 2.05. The molecule has 6 nitrogen and oxygen atoms in total. The molecule has 0 radical (unpaired) electrons. The molecule has 1 unspecified atom stereocenters. The molecular formula is C22H32N4O2S2. The second-order valence-corrected chi connectivity index (χ2v) is 10.4. The molecular weight excluding hydrogens is 416 g/mol. The van der Waals surface area contributed by atoms with Gasteiger partial charge in [0.2, 0.25) is 0 Å². The maximum absolute atomic E-state index is 13.1. The molecule has 0 spiro atoms. The Labute approximate surface area is 185 Å². The van der Waals surface area contributed by atoms with Crippen LogP contribution in [0.2, 0.25) is 0 Å².